The summed E-state index contributed by atoms with van der Waals surface area (Å²) < 4.78 is 5.89. The quantitative estimate of drug-likeness (QED) is 0.776. The molecule has 0 unspecified atom stereocenters. The summed E-state index contributed by atoms with van der Waals surface area (Å²) in [6.45, 7) is 4.94. The molecule has 0 saturated carbocycles. The summed E-state index contributed by atoms with van der Waals surface area (Å²) in [5.41, 5.74) is 2.31. The van der Waals surface area contributed by atoms with E-state index in [-0.39, 0.29) is 12.3 Å². The molecule has 100 valence electrons. The predicted octanol–water partition coefficient (Wildman–Crippen LogP) is 2.04. The lowest BCUT2D eigenvalue weighted by Gasteiger charge is -2.14. The molecule has 1 aliphatic rings. The lowest BCUT2D eigenvalue weighted by atomic mass is 9.40. The third-order valence-electron chi connectivity index (χ3n) is 3.50. The second-order valence-corrected chi connectivity index (χ2v) is 5.81. The molecule has 20 heavy (non-hydrogen) atoms. The molecule has 0 fully saturated rings. The lowest BCUT2D eigenvalue weighted by Crippen LogP contribution is -2.49. The number of nitrogens with zero attached hydrogens (tertiary/aromatic N) is 1. The minimum absolute atomic E-state index is 0.0826. The lowest BCUT2D eigenvalue weighted by molar-refractivity contribution is 0.283. The van der Waals surface area contributed by atoms with Gasteiger partial charge in [0, 0.05) is 0 Å². The minimum Gasteiger partial charge on any atom is -0.487 e. The fourth-order valence-electron chi connectivity index (χ4n) is 2.53. The van der Waals surface area contributed by atoms with E-state index in [4.69, 9.17) is 9.73 Å². The van der Waals surface area contributed by atoms with Crippen LogP contribution in [0.5, 0.6) is 0 Å². The average molecular weight is 263 g/mol. The standard InChI is InChI=1S/C17H18BNO/c1-17(2)13-20-16(19-17)18(14-9-5-3-6-10-14)15-11-7-4-8-12-15/h3-12H,13H2,1-2H3. The van der Waals surface area contributed by atoms with E-state index in [1.165, 1.54) is 10.9 Å². The first-order chi connectivity index (χ1) is 9.66. The van der Waals surface area contributed by atoms with E-state index in [0.29, 0.717) is 6.61 Å². The normalized spacial score (nSPS) is 16.4. The first-order valence-electron chi connectivity index (χ1n) is 6.98. The molecular weight excluding hydrogens is 245 g/mol. The monoisotopic (exact) mass is 263 g/mol. The molecule has 0 aromatic heterocycles. The molecular formula is C17H18BNO. The van der Waals surface area contributed by atoms with Crippen molar-refractivity contribution >= 4 is 23.4 Å². The summed E-state index contributed by atoms with van der Waals surface area (Å²) in [6, 6.07) is 20.8. The largest absolute Gasteiger partial charge is 0.487 e. The van der Waals surface area contributed by atoms with Crippen LogP contribution in [0.25, 0.3) is 0 Å². The second-order valence-electron chi connectivity index (χ2n) is 5.81. The van der Waals surface area contributed by atoms with E-state index in [1.54, 1.807) is 0 Å². The first-order valence-corrected chi connectivity index (χ1v) is 6.98. The van der Waals surface area contributed by atoms with Crippen LogP contribution in [0.4, 0.5) is 0 Å². The molecule has 0 aliphatic carbocycles. The van der Waals surface area contributed by atoms with Crippen molar-refractivity contribution < 1.29 is 4.74 Å². The van der Waals surface area contributed by atoms with Gasteiger partial charge in [0.25, 0.3) is 0 Å². The maximum atomic E-state index is 5.89. The van der Waals surface area contributed by atoms with E-state index in [9.17, 15) is 0 Å². The molecule has 3 rings (SSSR count). The number of benzene rings is 2. The van der Waals surface area contributed by atoms with Crippen LogP contribution in [0.3, 0.4) is 0 Å². The molecule has 2 aromatic rings. The van der Waals surface area contributed by atoms with Gasteiger partial charge in [-0.3, -0.25) is 4.99 Å². The van der Waals surface area contributed by atoms with Crippen molar-refractivity contribution in [1.29, 1.82) is 0 Å². The van der Waals surface area contributed by atoms with E-state index in [1.807, 2.05) is 12.1 Å². The van der Waals surface area contributed by atoms with Gasteiger partial charge in [-0.25, -0.2) is 0 Å². The Morgan fingerprint density at radius 3 is 1.80 bits per heavy atom. The Labute approximate surface area is 120 Å². The molecule has 2 nitrogen and oxygen atoms in total. The van der Waals surface area contributed by atoms with Gasteiger partial charge in [-0.1, -0.05) is 71.6 Å². The van der Waals surface area contributed by atoms with Gasteiger partial charge >= 0.3 is 6.71 Å². The highest BCUT2D eigenvalue weighted by Gasteiger charge is 2.35. The summed E-state index contributed by atoms with van der Waals surface area (Å²) in [5.74, 6) is 0.826. The molecule has 3 heteroatoms. The summed E-state index contributed by atoms with van der Waals surface area (Å²) in [4.78, 5) is 4.77. The highest BCUT2D eigenvalue weighted by molar-refractivity contribution is 7.07. The number of hydrogen-bond acceptors (Lipinski definition) is 2. The van der Waals surface area contributed by atoms with E-state index >= 15 is 0 Å². The van der Waals surface area contributed by atoms with Gasteiger partial charge < -0.3 is 4.74 Å². The van der Waals surface area contributed by atoms with Gasteiger partial charge in [-0.15, -0.1) is 0 Å². The van der Waals surface area contributed by atoms with Crippen molar-refractivity contribution in [3.05, 3.63) is 60.7 Å². The van der Waals surface area contributed by atoms with Gasteiger partial charge in [-0.2, -0.15) is 0 Å². The highest BCUT2D eigenvalue weighted by atomic mass is 16.5. The Morgan fingerprint density at radius 2 is 1.40 bits per heavy atom. The molecule has 0 spiro atoms. The van der Waals surface area contributed by atoms with Crippen LogP contribution in [0.15, 0.2) is 65.7 Å². The maximum absolute atomic E-state index is 5.89. The SMILES string of the molecule is CC1(C)COC(B(c2ccccc2)c2ccccc2)=N1. The predicted molar refractivity (Wildman–Crippen MR) is 85.4 cm³/mol. The van der Waals surface area contributed by atoms with Crippen LogP contribution in [-0.2, 0) is 4.74 Å². The van der Waals surface area contributed by atoms with Gasteiger partial charge in [0.15, 0.2) is 0 Å². The maximum Gasteiger partial charge on any atom is 0.312 e. The number of ether oxygens (including phenoxy) is 1. The fraction of sp³-hybridized carbons (Fsp3) is 0.235. The summed E-state index contributed by atoms with van der Waals surface area (Å²) in [5, 5.41) is 0. The van der Waals surface area contributed by atoms with Crippen molar-refractivity contribution in [1.82, 2.24) is 0 Å². The fourth-order valence-corrected chi connectivity index (χ4v) is 2.53. The Bertz CT molecular complexity index is 568. The topological polar surface area (TPSA) is 21.6 Å². The van der Waals surface area contributed by atoms with Crippen LogP contribution in [0, 0.1) is 0 Å². The molecule has 0 amide bonds. The molecule has 2 aromatic carbocycles. The van der Waals surface area contributed by atoms with Crippen molar-refractivity contribution in [3.63, 3.8) is 0 Å². The Kier molecular flexibility index (Phi) is 3.35. The second kappa shape index (κ2) is 5.16. The summed E-state index contributed by atoms with van der Waals surface area (Å²) >= 11 is 0. The van der Waals surface area contributed by atoms with Gasteiger partial charge in [0.05, 0.1) is 5.54 Å². The number of aliphatic imine (C=N–C) groups is 1. The van der Waals surface area contributed by atoms with Crippen LogP contribution in [0.1, 0.15) is 13.8 Å². The first kappa shape index (κ1) is 13.0. The van der Waals surface area contributed by atoms with Crippen LogP contribution in [-0.4, -0.2) is 24.7 Å². The highest BCUT2D eigenvalue weighted by Crippen LogP contribution is 2.18. The van der Waals surface area contributed by atoms with Crippen molar-refractivity contribution in [3.8, 4) is 0 Å². The van der Waals surface area contributed by atoms with Gasteiger partial charge in [0.2, 0.25) is 0 Å². The molecule has 0 bridgehead atoms. The Hall–Kier alpha value is -2.03. The molecule has 1 aliphatic heterocycles. The van der Waals surface area contributed by atoms with Crippen molar-refractivity contribution in [2.75, 3.05) is 6.61 Å². The zero-order valence-electron chi connectivity index (χ0n) is 11.9. The van der Waals surface area contributed by atoms with E-state index < -0.39 is 0 Å². The molecule has 0 saturated heterocycles. The smallest absolute Gasteiger partial charge is 0.312 e. The van der Waals surface area contributed by atoms with Crippen LogP contribution >= 0.6 is 0 Å². The van der Waals surface area contributed by atoms with Crippen molar-refractivity contribution in [2.24, 2.45) is 4.99 Å². The average Bonchev–Trinajstić information content (AvgIpc) is 2.81. The minimum atomic E-state index is -0.128. The van der Waals surface area contributed by atoms with Crippen molar-refractivity contribution in [2.45, 2.75) is 19.4 Å². The Morgan fingerprint density at radius 1 is 0.900 bits per heavy atom. The molecule has 0 N–H and O–H groups in total. The van der Waals surface area contributed by atoms with E-state index in [2.05, 4.69) is 62.4 Å². The van der Waals surface area contributed by atoms with E-state index in [0.717, 1.165) is 5.80 Å². The molecule has 0 atom stereocenters. The zero-order chi connectivity index (χ0) is 14.0. The van der Waals surface area contributed by atoms with Crippen LogP contribution in [0.2, 0.25) is 0 Å². The number of rotatable bonds is 3. The number of hydrogen-bond donors (Lipinski definition) is 0. The van der Waals surface area contributed by atoms with Crippen LogP contribution < -0.4 is 10.9 Å². The molecule has 0 radical (unpaired) electrons. The zero-order valence-corrected chi connectivity index (χ0v) is 11.9. The Balaban J connectivity index is 2.06. The third kappa shape index (κ3) is 2.62. The molecule has 1 heterocycles. The summed E-state index contributed by atoms with van der Waals surface area (Å²) in [7, 11) is 0. The third-order valence-corrected chi connectivity index (χ3v) is 3.50. The van der Waals surface area contributed by atoms with Gasteiger partial charge in [0.1, 0.15) is 12.4 Å². The van der Waals surface area contributed by atoms with Gasteiger partial charge in [-0.05, 0) is 13.8 Å². The summed E-state index contributed by atoms with van der Waals surface area (Å²) in [6.07, 6.45) is 0.